The maximum Gasteiger partial charge on any atom is 0.290 e. The lowest BCUT2D eigenvalue weighted by molar-refractivity contribution is -0.132. The number of piperazine rings is 1. The van der Waals surface area contributed by atoms with Crippen molar-refractivity contribution in [1.82, 2.24) is 20.0 Å². The van der Waals surface area contributed by atoms with Gasteiger partial charge in [-0.15, -0.1) is 10.2 Å². The average Bonchev–Trinajstić information content (AvgIpc) is 3.38. The Bertz CT molecular complexity index is 1070. The quantitative estimate of drug-likeness (QED) is 0.577. The Kier molecular flexibility index (Phi) is 6.72. The highest BCUT2D eigenvalue weighted by molar-refractivity contribution is 5.94. The number of aromatic nitrogens is 2. The fourth-order valence-corrected chi connectivity index (χ4v) is 3.83. The van der Waals surface area contributed by atoms with Crippen LogP contribution in [-0.2, 0) is 4.79 Å². The molecule has 1 aliphatic rings. The van der Waals surface area contributed by atoms with Gasteiger partial charge < -0.3 is 19.1 Å². The molecule has 0 saturated carbocycles. The van der Waals surface area contributed by atoms with Crippen LogP contribution >= 0.6 is 0 Å². The second-order valence-electron chi connectivity index (χ2n) is 8.51. The van der Waals surface area contributed by atoms with Crippen LogP contribution in [0.4, 0.5) is 5.82 Å². The standard InChI is InChI=1S/C25H29N5O3/c1-18(2)30(25(32)22-5-4-16-33-22)17-24(31)29-14-12-28(13-15-29)23-11-10-21(26-27-23)20-8-6-19(3)7-9-20/h4-11,16,18H,12-15,17H2,1-3H3. The molecule has 3 aromatic rings. The fraction of sp³-hybridized carbons (Fsp3) is 0.360. The van der Waals surface area contributed by atoms with Gasteiger partial charge in [0.1, 0.15) is 6.54 Å². The number of anilines is 1. The van der Waals surface area contributed by atoms with E-state index in [0.717, 1.165) is 17.1 Å². The summed E-state index contributed by atoms with van der Waals surface area (Å²) in [4.78, 5) is 31.1. The molecule has 0 unspecified atom stereocenters. The molecule has 1 aromatic carbocycles. The van der Waals surface area contributed by atoms with Crippen molar-refractivity contribution < 1.29 is 14.0 Å². The summed E-state index contributed by atoms with van der Waals surface area (Å²) in [7, 11) is 0. The maximum atomic E-state index is 12.9. The lowest BCUT2D eigenvalue weighted by Crippen LogP contribution is -2.53. The van der Waals surface area contributed by atoms with Gasteiger partial charge in [0.15, 0.2) is 11.6 Å². The third kappa shape index (κ3) is 5.22. The van der Waals surface area contributed by atoms with Crippen molar-refractivity contribution in [2.75, 3.05) is 37.6 Å². The van der Waals surface area contributed by atoms with Crippen molar-refractivity contribution in [1.29, 1.82) is 0 Å². The molecule has 4 rings (SSSR count). The topological polar surface area (TPSA) is 82.8 Å². The summed E-state index contributed by atoms with van der Waals surface area (Å²) in [6.45, 7) is 8.34. The minimum Gasteiger partial charge on any atom is -0.459 e. The second-order valence-corrected chi connectivity index (χ2v) is 8.51. The molecule has 8 nitrogen and oxygen atoms in total. The first kappa shape index (κ1) is 22.5. The molecule has 8 heteroatoms. The predicted molar refractivity (Wildman–Crippen MR) is 126 cm³/mol. The number of benzene rings is 1. The number of carbonyl (C=O) groups excluding carboxylic acids is 2. The molecular weight excluding hydrogens is 418 g/mol. The molecule has 0 atom stereocenters. The Labute approximate surface area is 193 Å². The molecule has 0 aliphatic carbocycles. The van der Waals surface area contributed by atoms with E-state index in [9.17, 15) is 9.59 Å². The highest BCUT2D eigenvalue weighted by Gasteiger charge is 2.28. The Morgan fingerprint density at radius 1 is 1.00 bits per heavy atom. The fourth-order valence-electron chi connectivity index (χ4n) is 3.83. The van der Waals surface area contributed by atoms with Gasteiger partial charge in [0.2, 0.25) is 5.91 Å². The SMILES string of the molecule is Cc1ccc(-c2ccc(N3CCN(C(=O)CN(C(=O)c4ccco4)C(C)C)CC3)nn2)cc1. The van der Waals surface area contributed by atoms with E-state index in [2.05, 4.69) is 34.2 Å². The number of hydrogen-bond acceptors (Lipinski definition) is 6. The summed E-state index contributed by atoms with van der Waals surface area (Å²) in [5.41, 5.74) is 3.08. The lowest BCUT2D eigenvalue weighted by Gasteiger charge is -2.36. The zero-order valence-electron chi connectivity index (χ0n) is 19.3. The van der Waals surface area contributed by atoms with Crippen LogP contribution < -0.4 is 4.90 Å². The van der Waals surface area contributed by atoms with E-state index in [0.29, 0.717) is 26.2 Å². The van der Waals surface area contributed by atoms with E-state index < -0.39 is 0 Å². The summed E-state index contributed by atoms with van der Waals surface area (Å²) >= 11 is 0. The molecule has 0 N–H and O–H groups in total. The van der Waals surface area contributed by atoms with Crippen molar-refractivity contribution in [3.05, 3.63) is 66.1 Å². The number of aryl methyl sites for hydroxylation is 1. The van der Waals surface area contributed by atoms with Crippen LogP contribution in [0.2, 0.25) is 0 Å². The first-order valence-corrected chi connectivity index (χ1v) is 11.2. The van der Waals surface area contributed by atoms with Crippen LogP contribution in [0, 0.1) is 6.92 Å². The van der Waals surface area contributed by atoms with Crippen LogP contribution in [0.3, 0.4) is 0 Å². The average molecular weight is 448 g/mol. The van der Waals surface area contributed by atoms with Crippen LogP contribution in [0.15, 0.2) is 59.2 Å². The van der Waals surface area contributed by atoms with Gasteiger partial charge in [0, 0.05) is 37.8 Å². The first-order chi connectivity index (χ1) is 15.9. The Hall–Kier alpha value is -3.68. The van der Waals surface area contributed by atoms with E-state index in [1.165, 1.54) is 11.8 Å². The molecule has 3 heterocycles. The van der Waals surface area contributed by atoms with Crippen LogP contribution in [0.1, 0.15) is 30.0 Å². The number of rotatable bonds is 6. The first-order valence-electron chi connectivity index (χ1n) is 11.2. The monoisotopic (exact) mass is 447 g/mol. The molecule has 2 amide bonds. The zero-order valence-corrected chi connectivity index (χ0v) is 19.3. The number of furan rings is 1. The van der Waals surface area contributed by atoms with E-state index in [4.69, 9.17) is 4.42 Å². The van der Waals surface area contributed by atoms with Crippen molar-refractivity contribution in [2.45, 2.75) is 26.8 Å². The minimum absolute atomic E-state index is 0.0300. The van der Waals surface area contributed by atoms with Crippen molar-refractivity contribution in [3.63, 3.8) is 0 Å². The van der Waals surface area contributed by atoms with Crippen LogP contribution in [0.5, 0.6) is 0 Å². The third-order valence-corrected chi connectivity index (χ3v) is 5.88. The third-order valence-electron chi connectivity index (χ3n) is 5.88. The van der Waals surface area contributed by atoms with Crippen LogP contribution in [-0.4, -0.2) is 70.6 Å². The van der Waals surface area contributed by atoms with E-state index >= 15 is 0 Å². The molecule has 1 aliphatic heterocycles. The summed E-state index contributed by atoms with van der Waals surface area (Å²) < 4.78 is 5.22. The van der Waals surface area contributed by atoms with Gasteiger partial charge in [-0.25, -0.2) is 0 Å². The predicted octanol–water partition coefficient (Wildman–Crippen LogP) is 3.24. The zero-order chi connectivity index (χ0) is 23.4. The van der Waals surface area contributed by atoms with Gasteiger partial charge in [-0.1, -0.05) is 29.8 Å². The highest BCUT2D eigenvalue weighted by atomic mass is 16.3. The molecule has 0 spiro atoms. The molecule has 0 radical (unpaired) electrons. The Morgan fingerprint density at radius 3 is 2.30 bits per heavy atom. The van der Waals surface area contributed by atoms with E-state index in [1.807, 2.05) is 38.1 Å². The summed E-state index contributed by atoms with van der Waals surface area (Å²) in [5.74, 6) is 0.707. The summed E-state index contributed by atoms with van der Waals surface area (Å²) in [6.07, 6.45) is 1.46. The number of carbonyl (C=O) groups is 2. The number of amides is 2. The molecule has 33 heavy (non-hydrogen) atoms. The summed E-state index contributed by atoms with van der Waals surface area (Å²) in [6, 6.07) is 15.3. The van der Waals surface area contributed by atoms with Crippen molar-refractivity contribution in [3.8, 4) is 11.3 Å². The van der Waals surface area contributed by atoms with Gasteiger partial charge in [-0.2, -0.15) is 0 Å². The highest BCUT2D eigenvalue weighted by Crippen LogP contribution is 2.20. The lowest BCUT2D eigenvalue weighted by atomic mass is 10.1. The molecule has 172 valence electrons. The molecule has 1 fully saturated rings. The smallest absolute Gasteiger partial charge is 0.290 e. The molecule has 1 saturated heterocycles. The second kappa shape index (κ2) is 9.85. The number of nitrogens with zero attached hydrogens (tertiary/aromatic N) is 5. The van der Waals surface area contributed by atoms with Crippen molar-refractivity contribution in [2.24, 2.45) is 0 Å². The molecule has 2 aromatic heterocycles. The Balaban J connectivity index is 1.33. The maximum absolute atomic E-state index is 12.9. The van der Waals surface area contributed by atoms with Gasteiger partial charge in [0.05, 0.1) is 12.0 Å². The largest absolute Gasteiger partial charge is 0.459 e. The minimum atomic E-state index is -0.272. The Morgan fingerprint density at radius 2 is 1.73 bits per heavy atom. The van der Waals surface area contributed by atoms with Crippen molar-refractivity contribution >= 4 is 17.6 Å². The van der Waals surface area contributed by atoms with E-state index in [1.54, 1.807) is 21.9 Å². The normalized spacial score (nSPS) is 13.9. The van der Waals surface area contributed by atoms with E-state index in [-0.39, 0.29) is 30.2 Å². The van der Waals surface area contributed by atoms with Crippen LogP contribution in [0.25, 0.3) is 11.3 Å². The van der Waals surface area contributed by atoms with Gasteiger partial charge in [-0.05, 0) is 45.0 Å². The molecule has 0 bridgehead atoms. The number of hydrogen-bond donors (Lipinski definition) is 0. The molecular formula is C25H29N5O3. The van der Waals surface area contributed by atoms with Gasteiger partial charge >= 0.3 is 0 Å². The summed E-state index contributed by atoms with van der Waals surface area (Å²) in [5, 5.41) is 8.79. The van der Waals surface area contributed by atoms with Gasteiger partial charge in [-0.3, -0.25) is 9.59 Å². The van der Waals surface area contributed by atoms with Gasteiger partial charge in [0.25, 0.3) is 5.91 Å².